The van der Waals surface area contributed by atoms with Crippen LogP contribution in [0.4, 0.5) is 0 Å². The van der Waals surface area contributed by atoms with E-state index in [1.165, 1.54) is 11.3 Å². The Kier molecular flexibility index (Phi) is 3.85. The zero-order valence-corrected chi connectivity index (χ0v) is 12.8. The van der Waals surface area contributed by atoms with Crippen LogP contribution in [-0.2, 0) is 11.2 Å². The van der Waals surface area contributed by atoms with E-state index in [1.54, 1.807) is 24.3 Å². The molecule has 0 bridgehead atoms. The molecular weight excluding hydrogens is 302 g/mol. The summed E-state index contributed by atoms with van der Waals surface area (Å²) in [7, 11) is 0. The maximum absolute atomic E-state index is 12.2. The molecule has 0 saturated heterocycles. The fourth-order valence-electron chi connectivity index (χ4n) is 2.43. The van der Waals surface area contributed by atoms with Gasteiger partial charge in [-0.05, 0) is 42.3 Å². The summed E-state index contributed by atoms with van der Waals surface area (Å²) in [5, 5.41) is 12.0. The van der Waals surface area contributed by atoms with Crippen molar-refractivity contribution in [3.05, 3.63) is 51.2 Å². The highest BCUT2D eigenvalue weighted by molar-refractivity contribution is 7.13. The van der Waals surface area contributed by atoms with E-state index in [1.807, 2.05) is 13.0 Å². The van der Waals surface area contributed by atoms with Gasteiger partial charge in [0.25, 0.3) is 5.91 Å². The summed E-state index contributed by atoms with van der Waals surface area (Å²) in [5.41, 5.74) is 1.53. The number of carboxylic acids is 1. The van der Waals surface area contributed by atoms with Crippen molar-refractivity contribution in [2.24, 2.45) is 0 Å². The van der Waals surface area contributed by atoms with Gasteiger partial charge in [0.1, 0.15) is 5.75 Å². The molecule has 114 valence electrons. The highest BCUT2D eigenvalue weighted by Gasteiger charge is 2.25. The van der Waals surface area contributed by atoms with E-state index >= 15 is 0 Å². The molecule has 5 nitrogen and oxygen atoms in total. The minimum absolute atomic E-state index is 0.373. The second kappa shape index (κ2) is 5.81. The van der Waals surface area contributed by atoms with Crippen molar-refractivity contribution in [1.29, 1.82) is 0 Å². The first-order valence-corrected chi connectivity index (χ1v) is 7.72. The molecule has 1 amide bonds. The summed E-state index contributed by atoms with van der Waals surface area (Å²) in [6.07, 6.45) is 0.758. The number of fused-ring (bicyclic) bond motifs is 1. The molecule has 0 radical (unpaired) electrons. The topological polar surface area (TPSA) is 75.6 Å². The molecule has 1 aliphatic heterocycles. The number of ether oxygens (including phenoxy) is 1. The second-order valence-corrected chi connectivity index (χ2v) is 6.41. The van der Waals surface area contributed by atoms with Crippen LogP contribution in [0.1, 0.15) is 31.7 Å². The standard InChI is InChI=1S/C16H15NO4S/c1-9-2-5-13(22-9)15(18)17-14(16(19)20)11-3-4-12-10(8-11)6-7-21-12/h2-5,8,14H,6-7H2,1H3,(H,17,18)(H,19,20). The van der Waals surface area contributed by atoms with Gasteiger partial charge in [-0.25, -0.2) is 4.79 Å². The van der Waals surface area contributed by atoms with Gasteiger partial charge >= 0.3 is 5.97 Å². The van der Waals surface area contributed by atoms with E-state index in [0.717, 1.165) is 22.6 Å². The molecule has 2 N–H and O–H groups in total. The molecule has 0 aliphatic carbocycles. The van der Waals surface area contributed by atoms with Crippen molar-refractivity contribution >= 4 is 23.2 Å². The Labute approximate surface area is 131 Å². The van der Waals surface area contributed by atoms with E-state index in [-0.39, 0.29) is 5.91 Å². The minimum atomic E-state index is -1.08. The maximum Gasteiger partial charge on any atom is 0.330 e. The fourth-order valence-corrected chi connectivity index (χ4v) is 3.20. The van der Waals surface area contributed by atoms with Gasteiger partial charge in [0.15, 0.2) is 6.04 Å². The van der Waals surface area contributed by atoms with Crippen LogP contribution in [0.3, 0.4) is 0 Å². The lowest BCUT2D eigenvalue weighted by Gasteiger charge is -2.15. The Morgan fingerprint density at radius 3 is 2.82 bits per heavy atom. The van der Waals surface area contributed by atoms with E-state index in [9.17, 15) is 14.7 Å². The number of aryl methyl sites for hydroxylation is 1. The number of amides is 1. The van der Waals surface area contributed by atoms with Crippen molar-refractivity contribution in [3.63, 3.8) is 0 Å². The maximum atomic E-state index is 12.2. The Balaban J connectivity index is 1.84. The van der Waals surface area contributed by atoms with Crippen molar-refractivity contribution < 1.29 is 19.4 Å². The first kappa shape index (κ1) is 14.6. The van der Waals surface area contributed by atoms with Gasteiger partial charge in [0, 0.05) is 11.3 Å². The predicted molar refractivity (Wildman–Crippen MR) is 82.5 cm³/mol. The summed E-state index contributed by atoms with van der Waals surface area (Å²) < 4.78 is 5.41. The molecular formula is C16H15NO4S. The molecule has 1 aliphatic rings. The van der Waals surface area contributed by atoms with Crippen LogP contribution in [0, 0.1) is 6.92 Å². The molecule has 1 atom stereocenters. The second-order valence-electron chi connectivity index (χ2n) is 5.12. The van der Waals surface area contributed by atoms with Crippen molar-refractivity contribution in [2.45, 2.75) is 19.4 Å². The molecule has 6 heteroatoms. The number of carbonyl (C=O) groups excluding carboxylic acids is 1. The summed E-state index contributed by atoms with van der Waals surface area (Å²) in [4.78, 5) is 25.2. The highest BCUT2D eigenvalue weighted by atomic mass is 32.1. The lowest BCUT2D eigenvalue weighted by Crippen LogP contribution is -2.33. The summed E-state index contributed by atoms with van der Waals surface area (Å²) in [6, 6.07) is 7.70. The van der Waals surface area contributed by atoms with Gasteiger partial charge in [-0.2, -0.15) is 0 Å². The molecule has 2 aromatic rings. The SMILES string of the molecule is Cc1ccc(C(=O)NC(C(=O)O)c2ccc3c(c2)CCO3)s1. The zero-order valence-electron chi connectivity index (χ0n) is 12.0. The van der Waals surface area contributed by atoms with Crippen LogP contribution in [0.5, 0.6) is 5.75 Å². The van der Waals surface area contributed by atoms with Gasteiger partial charge in [0.05, 0.1) is 11.5 Å². The highest BCUT2D eigenvalue weighted by Crippen LogP contribution is 2.28. The lowest BCUT2D eigenvalue weighted by molar-refractivity contribution is -0.139. The third-order valence-electron chi connectivity index (χ3n) is 3.53. The van der Waals surface area contributed by atoms with Crippen LogP contribution in [0.2, 0.25) is 0 Å². The first-order chi connectivity index (χ1) is 10.5. The van der Waals surface area contributed by atoms with Crippen LogP contribution < -0.4 is 10.1 Å². The number of hydrogen-bond donors (Lipinski definition) is 2. The average molecular weight is 317 g/mol. The number of rotatable bonds is 4. The van der Waals surface area contributed by atoms with E-state index < -0.39 is 12.0 Å². The molecule has 2 heterocycles. The summed E-state index contributed by atoms with van der Waals surface area (Å²) in [5.74, 6) is -0.671. The van der Waals surface area contributed by atoms with Crippen LogP contribution in [-0.4, -0.2) is 23.6 Å². The monoisotopic (exact) mass is 317 g/mol. The molecule has 1 aromatic heterocycles. The fraction of sp³-hybridized carbons (Fsp3) is 0.250. The summed E-state index contributed by atoms with van der Waals surface area (Å²) >= 11 is 1.34. The third kappa shape index (κ3) is 2.82. The first-order valence-electron chi connectivity index (χ1n) is 6.90. The number of hydrogen-bond acceptors (Lipinski definition) is 4. The Morgan fingerprint density at radius 2 is 2.14 bits per heavy atom. The van der Waals surface area contributed by atoms with Crippen LogP contribution in [0.15, 0.2) is 30.3 Å². The minimum Gasteiger partial charge on any atom is -0.493 e. The van der Waals surface area contributed by atoms with E-state index in [2.05, 4.69) is 5.32 Å². The van der Waals surface area contributed by atoms with Crippen LogP contribution >= 0.6 is 11.3 Å². The van der Waals surface area contributed by atoms with Gasteiger partial charge in [0.2, 0.25) is 0 Å². The van der Waals surface area contributed by atoms with Gasteiger partial charge in [-0.15, -0.1) is 11.3 Å². The quantitative estimate of drug-likeness (QED) is 0.908. The number of carbonyl (C=O) groups is 2. The predicted octanol–water partition coefficient (Wildman–Crippen LogP) is 2.55. The smallest absolute Gasteiger partial charge is 0.330 e. The Morgan fingerprint density at radius 1 is 1.32 bits per heavy atom. The third-order valence-corrected chi connectivity index (χ3v) is 4.53. The number of aliphatic carboxylic acids is 1. The van der Waals surface area contributed by atoms with Gasteiger partial charge < -0.3 is 15.2 Å². The Bertz CT molecular complexity index is 737. The molecule has 22 heavy (non-hydrogen) atoms. The zero-order chi connectivity index (χ0) is 15.7. The van der Waals surface area contributed by atoms with Gasteiger partial charge in [-0.3, -0.25) is 4.79 Å². The van der Waals surface area contributed by atoms with Crippen molar-refractivity contribution in [1.82, 2.24) is 5.32 Å². The van der Waals surface area contributed by atoms with E-state index in [0.29, 0.717) is 17.0 Å². The Hall–Kier alpha value is -2.34. The summed E-state index contributed by atoms with van der Waals surface area (Å²) in [6.45, 7) is 2.51. The van der Waals surface area contributed by atoms with Crippen molar-refractivity contribution in [2.75, 3.05) is 6.61 Å². The molecule has 3 rings (SSSR count). The molecule has 1 unspecified atom stereocenters. The van der Waals surface area contributed by atoms with Crippen molar-refractivity contribution in [3.8, 4) is 5.75 Å². The van der Waals surface area contributed by atoms with E-state index in [4.69, 9.17) is 4.74 Å². The molecule has 0 spiro atoms. The lowest BCUT2D eigenvalue weighted by atomic mass is 10.0. The molecule has 1 aromatic carbocycles. The normalized spacial score (nSPS) is 14.0. The largest absolute Gasteiger partial charge is 0.493 e. The number of carboxylic acid groups (broad SMARTS) is 1. The average Bonchev–Trinajstić information content (AvgIpc) is 3.11. The van der Waals surface area contributed by atoms with Crippen LogP contribution in [0.25, 0.3) is 0 Å². The number of benzene rings is 1. The number of nitrogens with one attached hydrogen (secondary N) is 1. The molecule has 0 fully saturated rings. The molecule has 0 saturated carbocycles. The number of thiophene rings is 1. The van der Waals surface area contributed by atoms with Gasteiger partial charge in [-0.1, -0.05) is 6.07 Å².